The molecular weight excluding hydrogens is 399 g/mol. The predicted octanol–water partition coefficient (Wildman–Crippen LogP) is 2.78. The van der Waals surface area contributed by atoms with Crippen LogP contribution in [0.15, 0.2) is 12.4 Å². The van der Waals surface area contributed by atoms with Gasteiger partial charge in [0, 0.05) is 19.0 Å². The number of thiophene rings is 1. The first-order chi connectivity index (χ1) is 9.85. The van der Waals surface area contributed by atoms with Crippen LogP contribution in [0.1, 0.15) is 26.7 Å². The van der Waals surface area contributed by atoms with Crippen LogP contribution >= 0.6 is 33.9 Å². The van der Waals surface area contributed by atoms with E-state index in [2.05, 4.69) is 57.4 Å². The van der Waals surface area contributed by atoms with E-state index >= 15 is 0 Å². The van der Waals surface area contributed by atoms with Gasteiger partial charge in [-0.05, 0) is 40.5 Å². The fraction of sp³-hybridized carbons (Fsp3) is 0.500. The lowest BCUT2D eigenvalue weighted by atomic mass is 9.90. The van der Waals surface area contributed by atoms with Crippen LogP contribution in [0.3, 0.4) is 0 Å². The van der Waals surface area contributed by atoms with Crippen molar-refractivity contribution < 1.29 is 4.79 Å². The highest BCUT2D eigenvalue weighted by Gasteiger charge is 2.39. The molecular formula is C14H17IN4OS. The number of aromatic nitrogens is 2. The normalized spacial score (nSPS) is 21.1. The fourth-order valence-electron chi connectivity index (χ4n) is 3.11. The Morgan fingerprint density at radius 3 is 3.05 bits per heavy atom. The third kappa shape index (κ3) is 2.98. The number of hydrogen-bond donors (Lipinski definition) is 1. The molecule has 5 nitrogen and oxygen atoms in total. The van der Waals surface area contributed by atoms with Crippen LogP contribution < -0.4 is 10.6 Å². The van der Waals surface area contributed by atoms with Crippen LogP contribution in [0.25, 0.3) is 10.2 Å². The highest BCUT2D eigenvalue weighted by molar-refractivity contribution is 14.1. The molecule has 2 N–H and O–H groups in total. The summed E-state index contributed by atoms with van der Waals surface area (Å²) in [7, 11) is 0. The van der Waals surface area contributed by atoms with Crippen LogP contribution in [-0.4, -0.2) is 28.5 Å². The third-order valence-electron chi connectivity index (χ3n) is 3.81. The zero-order chi connectivity index (χ0) is 15.2. The zero-order valence-electron chi connectivity index (χ0n) is 12.0. The van der Waals surface area contributed by atoms with Crippen LogP contribution in [0.5, 0.6) is 0 Å². The van der Waals surface area contributed by atoms with Crippen LogP contribution in [0.4, 0.5) is 5.82 Å². The Hall–Kier alpha value is -0.960. The van der Waals surface area contributed by atoms with Gasteiger partial charge in [-0.3, -0.25) is 4.79 Å². The number of fused-ring (bicyclic) bond motifs is 1. The Morgan fingerprint density at radius 1 is 1.57 bits per heavy atom. The number of halogens is 1. The maximum Gasteiger partial charge on any atom is 0.219 e. The monoisotopic (exact) mass is 416 g/mol. The summed E-state index contributed by atoms with van der Waals surface area (Å²) in [5.74, 6) is 0.670. The van der Waals surface area contributed by atoms with E-state index in [0.717, 1.165) is 29.0 Å². The van der Waals surface area contributed by atoms with E-state index in [9.17, 15) is 4.79 Å². The number of hydrogen-bond acceptors (Lipinski definition) is 5. The number of carbonyl (C=O) groups is 1. The molecule has 1 saturated heterocycles. The lowest BCUT2D eigenvalue weighted by Crippen LogP contribution is -2.34. The summed E-state index contributed by atoms with van der Waals surface area (Å²) in [5, 5.41) is 1.07. The van der Waals surface area contributed by atoms with Gasteiger partial charge in [-0.1, -0.05) is 13.8 Å². The lowest BCUT2D eigenvalue weighted by Gasteiger charge is -2.25. The Labute approximate surface area is 141 Å². The standard InChI is InChI=1S/C14H17IN4OS/c1-14(2)5-8(3-11(16)20)19(6-14)12-9-4-10(15)21-13(9)18-7-17-12/h4,7-8H,3,5-6H2,1-2H3,(H2,16,20). The molecule has 1 aliphatic rings. The summed E-state index contributed by atoms with van der Waals surface area (Å²) in [6.45, 7) is 5.32. The molecule has 0 aromatic carbocycles. The van der Waals surface area contributed by atoms with Gasteiger partial charge in [-0.2, -0.15) is 0 Å². The minimum Gasteiger partial charge on any atom is -0.370 e. The van der Waals surface area contributed by atoms with Crippen molar-refractivity contribution >= 4 is 55.9 Å². The number of rotatable bonds is 3. The van der Waals surface area contributed by atoms with Crippen molar-refractivity contribution in [3.8, 4) is 0 Å². The van der Waals surface area contributed by atoms with E-state index in [1.54, 1.807) is 17.7 Å². The van der Waals surface area contributed by atoms with Gasteiger partial charge in [0.2, 0.25) is 5.91 Å². The van der Waals surface area contributed by atoms with Crippen molar-refractivity contribution in [2.24, 2.45) is 11.1 Å². The summed E-state index contributed by atoms with van der Waals surface area (Å²) >= 11 is 3.96. The topological polar surface area (TPSA) is 72.1 Å². The first-order valence-corrected chi connectivity index (χ1v) is 8.70. The van der Waals surface area contributed by atoms with E-state index in [1.807, 2.05) is 0 Å². The summed E-state index contributed by atoms with van der Waals surface area (Å²) in [4.78, 5) is 23.4. The largest absolute Gasteiger partial charge is 0.370 e. The minimum atomic E-state index is -0.257. The number of nitrogens with zero attached hydrogens (tertiary/aromatic N) is 3. The number of nitrogens with two attached hydrogens (primary N) is 1. The van der Waals surface area contributed by atoms with E-state index < -0.39 is 0 Å². The first-order valence-electron chi connectivity index (χ1n) is 6.81. The lowest BCUT2D eigenvalue weighted by molar-refractivity contribution is -0.118. The Morgan fingerprint density at radius 2 is 2.33 bits per heavy atom. The molecule has 112 valence electrons. The van der Waals surface area contributed by atoms with Gasteiger partial charge in [0.15, 0.2) is 0 Å². The average Bonchev–Trinajstić information content (AvgIpc) is 2.86. The molecule has 1 amide bonds. The van der Waals surface area contributed by atoms with E-state index in [4.69, 9.17) is 5.73 Å². The minimum absolute atomic E-state index is 0.119. The molecule has 1 unspecified atom stereocenters. The second kappa shape index (κ2) is 5.35. The molecule has 3 rings (SSSR count). The van der Waals surface area contributed by atoms with Gasteiger partial charge >= 0.3 is 0 Å². The SMILES string of the molecule is CC1(C)CC(CC(N)=O)N(c2ncnc3sc(I)cc23)C1. The van der Waals surface area contributed by atoms with Crippen molar-refractivity contribution in [3.05, 3.63) is 15.3 Å². The van der Waals surface area contributed by atoms with E-state index in [0.29, 0.717) is 6.42 Å². The van der Waals surface area contributed by atoms with Gasteiger partial charge in [0.1, 0.15) is 17.0 Å². The summed E-state index contributed by atoms with van der Waals surface area (Å²) in [6, 6.07) is 2.23. The first kappa shape index (κ1) is 15.0. The molecule has 0 bridgehead atoms. The van der Waals surface area contributed by atoms with Crippen molar-refractivity contribution in [3.63, 3.8) is 0 Å². The fourth-order valence-corrected chi connectivity index (χ4v) is 4.77. The van der Waals surface area contributed by atoms with Crippen molar-refractivity contribution in [2.75, 3.05) is 11.4 Å². The molecule has 2 aromatic heterocycles. The second-order valence-electron chi connectivity index (χ2n) is 6.29. The summed E-state index contributed by atoms with van der Waals surface area (Å²) < 4.78 is 1.19. The Bertz CT molecular complexity index is 699. The molecule has 7 heteroatoms. The van der Waals surface area contributed by atoms with Gasteiger partial charge in [0.25, 0.3) is 0 Å². The number of amides is 1. The molecule has 1 fully saturated rings. The van der Waals surface area contributed by atoms with Gasteiger partial charge < -0.3 is 10.6 Å². The van der Waals surface area contributed by atoms with Crippen molar-refractivity contribution in [2.45, 2.75) is 32.7 Å². The molecule has 0 spiro atoms. The van der Waals surface area contributed by atoms with Gasteiger partial charge in [0.05, 0.1) is 8.27 Å². The summed E-state index contributed by atoms with van der Waals surface area (Å²) in [6.07, 6.45) is 2.93. The molecule has 1 atom stereocenters. The molecule has 0 aliphatic carbocycles. The van der Waals surface area contributed by atoms with Gasteiger partial charge in [-0.15, -0.1) is 11.3 Å². The van der Waals surface area contributed by atoms with Crippen molar-refractivity contribution in [1.29, 1.82) is 0 Å². The van der Waals surface area contributed by atoms with Crippen LogP contribution in [0, 0.1) is 8.30 Å². The number of primary amides is 1. The van der Waals surface area contributed by atoms with Crippen molar-refractivity contribution in [1.82, 2.24) is 9.97 Å². The molecule has 1 aliphatic heterocycles. The predicted molar refractivity (Wildman–Crippen MR) is 93.5 cm³/mol. The maximum atomic E-state index is 11.4. The summed E-state index contributed by atoms with van der Waals surface area (Å²) in [5.41, 5.74) is 5.57. The highest BCUT2D eigenvalue weighted by Crippen LogP contribution is 2.40. The highest BCUT2D eigenvalue weighted by atomic mass is 127. The second-order valence-corrected chi connectivity index (χ2v) is 9.21. The van der Waals surface area contributed by atoms with E-state index in [1.165, 1.54) is 2.88 Å². The molecule has 3 heterocycles. The maximum absolute atomic E-state index is 11.4. The zero-order valence-corrected chi connectivity index (χ0v) is 14.9. The quantitative estimate of drug-likeness (QED) is 0.782. The van der Waals surface area contributed by atoms with Gasteiger partial charge in [-0.25, -0.2) is 9.97 Å². The molecule has 0 radical (unpaired) electrons. The smallest absolute Gasteiger partial charge is 0.219 e. The molecule has 0 saturated carbocycles. The molecule has 2 aromatic rings. The number of carbonyl (C=O) groups excluding carboxylic acids is 1. The number of anilines is 1. The van der Waals surface area contributed by atoms with Crippen LogP contribution in [-0.2, 0) is 4.79 Å². The van der Waals surface area contributed by atoms with E-state index in [-0.39, 0.29) is 17.4 Å². The molecule has 21 heavy (non-hydrogen) atoms. The third-order valence-corrected chi connectivity index (χ3v) is 5.62. The average molecular weight is 416 g/mol. The Balaban J connectivity index is 2.04. The van der Waals surface area contributed by atoms with Crippen LogP contribution in [0.2, 0.25) is 0 Å². The Kier molecular flexibility index (Phi) is 3.81.